The van der Waals surface area contributed by atoms with Crippen molar-refractivity contribution < 1.29 is 4.79 Å². The maximum Gasteiger partial charge on any atom is 0.152 e. The molecule has 1 atom stereocenters. The van der Waals surface area contributed by atoms with Crippen LogP contribution < -0.4 is 0 Å². The van der Waals surface area contributed by atoms with E-state index in [1.165, 1.54) is 0 Å². The Morgan fingerprint density at radius 3 is 1.73 bits per heavy atom. The lowest BCUT2D eigenvalue weighted by molar-refractivity contribution is -0.126. The van der Waals surface area contributed by atoms with Gasteiger partial charge in [-0.1, -0.05) is 35.1 Å². The largest absolute Gasteiger partial charge is 0.298 e. The van der Waals surface area contributed by atoms with E-state index in [-0.39, 0.29) is 19.4 Å². The first kappa shape index (κ1) is 17.0. The fraction of sp³-hybridized carbons (Fsp3) is 0.923. The van der Waals surface area contributed by atoms with Crippen molar-refractivity contribution in [3.05, 3.63) is 0 Å². The Hall–Kier alpha value is -0.370. The molecule has 0 aliphatic heterocycles. The second-order valence-electron chi connectivity index (χ2n) is 4.27. The Labute approximate surface area is 96.0 Å². The van der Waals surface area contributed by atoms with Crippen molar-refractivity contribution in [3.8, 4) is 0 Å². The number of hydrogen-bond acceptors (Lipinski definition) is 2. The lowest BCUT2D eigenvalue weighted by Crippen LogP contribution is -2.41. The van der Waals surface area contributed by atoms with E-state index < -0.39 is 0 Å². The molecule has 0 fully saturated rings. The molecular formula is C13H29NO. The van der Waals surface area contributed by atoms with Crippen LogP contribution in [0, 0.1) is 5.92 Å². The van der Waals surface area contributed by atoms with Crippen molar-refractivity contribution in [1.29, 1.82) is 0 Å². The summed E-state index contributed by atoms with van der Waals surface area (Å²) < 4.78 is 0. The average Bonchev–Trinajstić information content (AvgIpc) is 2.15. The van der Waals surface area contributed by atoms with E-state index in [2.05, 4.69) is 18.7 Å². The fourth-order valence-electron chi connectivity index (χ4n) is 1.74. The quantitative estimate of drug-likeness (QED) is 0.649. The summed E-state index contributed by atoms with van der Waals surface area (Å²) in [6.45, 7) is 12.4. The Morgan fingerprint density at radius 1 is 1.07 bits per heavy atom. The van der Waals surface area contributed by atoms with Gasteiger partial charge in [0.25, 0.3) is 0 Å². The first-order valence-electron chi connectivity index (χ1n) is 5.82. The van der Waals surface area contributed by atoms with Gasteiger partial charge >= 0.3 is 0 Å². The highest BCUT2D eigenvalue weighted by molar-refractivity contribution is 5.85. The molecule has 0 aromatic heterocycles. The Bertz CT molecular complexity index is 160. The molecule has 0 N–H and O–H groups in total. The molecule has 0 saturated heterocycles. The summed E-state index contributed by atoms with van der Waals surface area (Å²) in [4.78, 5) is 14.1. The first-order chi connectivity index (χ1) is 6.54. The molecule has 0 bridgehead atoms. The number of nitrogens with zero attached hydrogens (tertiary/aromatic N) is 1. The van der Waals surface area contributed by atoms with Gasteiger partial charge in [0.2, 0.25) is 0 Å². The minimum atomic E-state index is 0. The van der Waals surface area contributed by atoms with Gasteiger partial charge in [-0.3, -0.25) is 9.69 Å². The van der Waals surface area contributed by atoms with E-state index in [0.29, 0.717) is 5.78 Å². The molecule has 92 valence electrons. The third-order valence-electron chi connectivity index (χ3n) is 2.55. The number of ketones is 1. The highest BCUT2D eigenvalue weighted by atomic mass is 16.1. The number of carbonyl (C=O) groups is 1. The fourth-order valence-corrected chi connectivity index (χ4v) is 1.74. The van der Waals surface area contributed by atoms with Crippen molar-refractivity contribution in [2.75, 3.05) is 13.1 Å². The molecule has 0 unspecified atom stereocenters. The van der Waals surface area contributed by atoms with Gasteiger partial charge in [-0.05, 0) is 32.9 Å². The molecule has 0 aromatic carbocycles. The molecule has 0 radical (unpaired) electrons. The smallest absolute Gasteiger partial charge is 0.152 e. The number of carbonyl (C=O) groups excluding carboxylic acids is 1. The maximum absolute atomic E-state index is 11.8. The van der Waals surface area contributed by atoms with Gasteiger partial charge in [-0.2, -0.15) is 0 Å². The standard InChI is InChI=1S/C12H25NO.CH4/c1-6-8-13(9-7-2)11(5)12(14)10(3)4;/h10-11H,6-9H2,1-5H3;1H4/t11-;/m0./s1. The maximum atomic E-state index is 11.8. The Kier molecular flexibility index (Phi) is 10.1. The highest BCUT2D eigenvalue weighted by Crippen LogP contribution is 2.08. The van der Waals surface area contributed by atoms with E-state index in [9.17, 15) is 4.79 Å². The average molecular weight is 215 g/mol. The van der Waals surface area contributed by atoms with Crippen LogP contribution in [0.5, 0.6) is 0 Å². The molecule has 0 aliphatic carbocycles. The van der Waals surface area contributed by atoms with Crippen LogP contribution in [-0.2, 0) is 4.79 Å². The number of rotatable bonds is 7. The highest BCUT2D eigenvalue weighted by Gasteiger charge is 2.21. The summed E-state index contributed by atoms with van der Waals surface area (Å²) in [6.07, 6.45) is 2.24. The third kappa shape index (κ3) is 5.93. The van der Waals surface area contributed by atoms with Crippen LogP contribution in [0.2, 0.25) is 0 Å². The van der Waals surface area contributed by atoms with Crippen LogP contribution >= 0.6 is 0 Å². The second kappa shape index (κ2) is 8.90. The minimum Gasteiger partial charge on any atom is -0.298 e. The lowest BCUT2D eigenvalue weighted by atomic mass is 10.0. The topological polar surface area (TPSA) is 20.3 Å². The van der Waals surface area contributed by atoms with Crippen molar-refractivity contribution in [1.82, 2.24) is 4.90 Å². The van der Waals surface area contributed by atoms with Gasteiger partial charge in [0.1, 0.15) is 0 Å². The summed E-state index contributed by atoms with van der Waals surface area (Å²) in [5.41, 5.74) is 0. The molecule has 0 aromatic rings. The van der Waals surface area contributed by atoms with Gasteiger partial charge in [0, 0.05) is 5.92 Å². The van der Waals surface area contributed by atoms with Crippen LogP contribution in [-0.4, -0.2) is 29.8 Å². The van der Waals surface area contributed by atoms with Crippen LogP contribution in [0.25, 0.3) is 0 Å². The summed E-state index contributed by atoms with van der Waals surface area (Å²) in [6, 6.07) is 0.0925. The van der Waals surface area contributed by atoms with E-state index in [1.54, 1.807) is 0 Å². The van der Waals surface area contributed by atoms with E-state index in [0.717, 1.165) is 25.9 Å². The van der Waals surface area contributed by atoms with Crippen LogP contribution in [0.4, 0.5) is 0 Å². The molecule has 0 saturated carbocycles. The molecule has 2 heteroatoms. The number of Topliss-reactive ketones (excluding diaryl/α,β-unsaturated/α-hetero) is 1. The van der Waals surface area contributed by atoms with Crippen molar-refractivity contribution in [3.63, 3.8) is 0 Å². The summed E-state index contributed by atoms with van der Waals surface area (Å²) in [5, 5.41) is 0. The van der Waals surface area contributed by atoms with Gasteiger partial charge in [-0.25, -0.2) is 0 Å². The van der Waals surface area contributed by atoms with Crippen LogP contribution in [0.3, 0.4) is 0 Å². The SMILES string of the molecule is C.CCCN(CCC)[C@@H](C)C(=O)C(C)C. The normalized spacial score (nSPS) is 12.7. The minimum absolute atomic E-state index is 0. The summed E-state index contributed by atoms with van der Waals surface area (Å²) in [5.74, 6) is 0.521. The van der Waals surface area contributed by atoms with Crippen LogP contribution in [0.15, 0.2) is 0 Å². The van der Waals surface area contributed by atoms with Gasteiger partial charge in [-0.15, -0.1) is 0 Å². The molecule has 15 heavy (non-hydrogen) atoms. The lowest BCUT2D eigenvalue weighted by Gasteiger charge is -2.28. The number of hydrogen-bond donors (Lipinski definition) is 0. The summed E-state index contributed by atoms with van der Waals surface area (Å²) >= 11 is 0. The summed E-state index contributed by atoms with van der Waals surface area (Å²) in [7, 11) is 0. The van der Waals surface area contributed by atoms with E-state index >= 15 is 0 Å². The Morgan fingerprint density at radius 2 is 1.47 bits per heavy atom. The predicted molar refractivity (Wildman–Crippen MR) is 68.2 cm³/mol. The zero-order valence-corrected chi connectivity index (χ0v) is 10.3. The van der Waals surface area contributed by atoms with E-state index in [4.69, 9.17) is 0 Å². The molecule has 0 aliphatic rings. The van der Waals surface area contributed by atoms with Crippen molar-refractivity contribution in [2.45, 2.75) is 60.9 Å². The first-order valence-corrected chi connectivity index (χ1v) is 5.82. The van der Waals surface area contributed by atoms with E-state index in [1.807, 2.05) is 20.8 Å². The molecule has 0 rings (SSSR count). The van der Waals surface area contributed by atoms with Gasteiger partial charge in [0.05, 0.1) is 6.04 Å². The molecular weight excluding hydrogens is 186 g/mol. The molecule has 0 heterocycles. The third-order valence-corrected chi connectivity index (χ3v) is 2.55. The molecule has 0 amide bonds. The monoisotopic (exact) mass is 215 g/mol. The molecule has 2 nitrogen and oxygen atoms in total. The molecule has 0 spiro atoms. The van der Waals surface area contributed by atoms with Gasteiger partial charge < -0.3 is 0 Å². The zero-order valence-electron chi connectivity index (χ0n) is 10.3. The Balaban J connectivity index is 0. The predicted octanol–water partition coefficient (Wildman–Crippen LogP) is 3.36. The van der Waals surface area contributed by atoms with Crippen molar-refractivity contribution in [2.24, 2.45) is 5.92 Å². The van der Waals surface area contributed by atoms with Crippen molar-refractivity contribution >= 4 is 5.78 Å². The van der Waals surface area contributed by atoms with Crippen LogP contribution in [0.1, 0.15) is 54.9 Å². The second-order valence-corrected chi connectivity index (χ2v) is 4.27. The van der Waals surface area contributed by atoms with Gasteiger partial charge in [0.15, 0.2) is 5.78 Å². The zero-order chi connectivity index (χ0) is 11.1.